The van der Waals surface area contributed by atoms with E-state index in [2.05, 4.69) is 25.9 Å². The molecule has 88 valence electrons. The molecule has 1 aromatic carbocycles. The van der Waals surface area contributed by atoms with Crippen LogP contribution in [0.2, 0.25) is 0 Å². The number of carbonyl (C=O) groups excluding carboxylic acids is 1. The SMILES string of the molecule is CC(NC(=O)c1ccccc1N)c1nn[nH]n1. The summed E-state index contributed by atoms with van der Waals surface area (Å²) in [5.74, 6) is 0.160. The monoisotopic (exact) mass is 232 g/mol. The lowest BCUT2D eigenvalue weighted by atomic mass is 10.1. The first kappa shape index (κ1) is 11.1. The predicted octanol–water partition coefficient (Wildman–Crippen LogP) is 0.273. The summed E-state index contributed by atoms with van der Waals surface area (Å²) in [5, 5.41) is 16.1. The maximum Gasteiger partial charge on any atom is 0.253 e. The molecule has 0 fully saturated rings. The predicted molar refractivity (Wildman–Crippen MR) is 60.9 cm³/mol. The number of nitrogens with zero attached hydrogens (tertiary/aromatic N) is 3. The Labute approximate surface area is 97.4 Å². The van der Waals surface area contributed by atoms with Crippen LogP contribution in [0.3, 0.4) is 0 Å². The van der Waals surface area contributed by atoms with Gasteiger partial charge in [0, 0.05) is 5.69 Å². The van der Waals surface area contributed by atoms with Crippen LogP contribution in [0.5, 0.6) is 0 Å². The van der Waals surface area contributed by atoms with Crippen molar-refractivity contribution in [3.8, 4) is 0 Å². The molecular weight excluding hydrogens is 220 g/mol. The van der Waals surface area contributed by atoms with Crippen LogP contribution in [-0.4, -0.2) is 26.5 Å². The summed E-state index contributed by atoms with van der Waals surface area (Å²) in [6.07, 6.45) is 0. The van der Waals surface area contributed by atoms with Crippen molar-refractivity contribution in [3.63, 3.8) is 0 Å². The number of H-pyrrole nitrogens is 1. The van der Waals surface area contributed by atoms with Crippen LogP contribution in [-0.2, 0) is 0 Å². The van der Waals surface area contributed by atoms with E-state index in [9.17, 15) is 4.79 Å². The molecule has 0 saturated heterocycles. The largest absolute Gasteiger partial charge is 0.398 e. The van der Waals surface area contributed by atoms with Crippen molar-refractivity contribution in [2.75, 3.05) is 5.73 Å². The van der Waals surface area contributed by atoms with Gasteiger partial charge in [-0.3, -0.25) is 4.79 Å². The molecule has 1 amide bonds. The van der Waals surface area contributed by atoms with E-state index in [0.717, 1.165) is 0 Å². The van der Waals surface area contributed by atoms with Crippen LogP contribution in [0.15, 0.2) is 24.3 Å². The van der Waals surface area contributed by atoms with Crippen molar-refractivity contribution >= 4 is 11.6 Å². The summed E-state index contributed by atoms with van der Waals surface area (Å²) < 4.78 is 0. The number of nitrogens with two attached hydrogens (primary N) is 1. The first-order valence-electron chi connectivity index (χ1n) is 5.07. The third-order valence-electron chi connectivity index (χ3n) is 2.30. The quantitative estimate of drug-likeness (QED) is 0.658. The minimum atomic E-state index is -0.333. The fourth-order valence-corrected chi connectivity index (χ4v) is 1.40. The van der Waals surface area contributed by atoms with E-state index in [1.165, 1.54) is 0 Å². The Morgan fingerprint density at radius 1 is 1.47 bits per heavy atom. The van der Waals surface area contributed by atoms with Crippen LogP contribution in [0, 0.1) is 0 Å². The average molecular weight is 232 g/mol. The van der Waals surface area contributed by atoms with Crippen LogP contribution >= 0.6 is 0 Å². The maximum absolute atomic E-state index is 11.9. The van der Waals surface area contributed by atoms with Gasteiger partial charge >= 0.3 is 0 Å². The molecule has 1 atom stereocenters. The zero-order chi connectivity index (χ0) is 12.3. The van der Waals surface area contributed by atoms with E-state index in [0.29, 0.717) is 17.1 Å². The van der Waals surface area contributed by atoms with E-state index in [1.54, 1.807) is 31.2 Å². The number of rotatable bonds is 3. The molecule has 2 rings (SSSR count). The third kappa shape index (κ3) is 2.39. The molecule has 4 N–H and O–H groups in total. The summed E-state index contributed by atoms with van der Waals surface area (Å²) in [6, 6.07) is 6.53. The van der Waals surface area contributed by atoms with Gasteiger partial charge in [-0.25, -0.2) is 0 Å². The minimum absolute atomic E-state index is 0.264. The minimum Gasteiger partial charge on any atom is -0.398 e. The number of carbonyl (C=O) groups is 1. The Hall–Kier alpha value is -2.44. The molecule has 0 saturated carbocycles. The van der Waals surface area contributed by atoms with Gasteiger partial charge in [0.15, 0.2) is 5.82 Å². The Morgan fingerprint density at radius 3 is 2.88 bits per heavy atom. The van der Waals surface area contributed by atoms with Crippen molar-refractivity contribution in [3.05, 3.63) is 35.7 Å². The summed E-state index contributed by atoms with van der Waals surface area (Å²) in [6.45, 7) is 1.77. The number of benzene rings is 1. The lowest BCUT2D eigenvalue weighted by Crippen LogP contribution is -2.28. The van der Waals surface area contributed by atoms with Gasteiger partial charge in [-0.05, 0) is 19.1 Å². The van der Waals surface area contributed by atoms with E-state index in [-0.39, 0.29) is 11.9 Å². The highest BCUT2D eigenvalue weighted by atomic mass is 16.1. The van der Waals surface area contributed by atoms with Crippen LogP contribution in [0.4, 0.5) is 5.69 Å². The second-order valence-corrected chi connectivity index (χ2v) is 3.55. The second kappa shape index (κ2) is 4.60. The Balaban J connectivity index is 2.10. The topological polar surface area (TPSA) is 110 Å². The van der Waals surface area contributed by atoms with Gasteiger partial charge in [-0.1, -0.05) is 17.3 Å². The van der Waals surface area contributed by atoms with Gasteiger partial charge in [0.25, 0.3) is 5.91 Å². The molecule has 0 aliphatic heterocycles. The van der Waals surface area contributed by atoms with E-state index < -0.39 is 0 Å². The molecule has 0 radical (unpaired) electrons. The summed E-state index contributed by atoms with van der Waals surface area (Å²) in [4.78, 5) is 11.9. The van der Waals surface area contributed by atoms with Crippen LogP contribution in [0.1, 0.15) is 29.1 Å². The molecule has 1 heterocycles. The zero-order valence-electron chi connectivity index (χ0n) is 9.21. The van der Waals surface area contributed by atoms with Crippen molar-refractivity contribution in [1.82, 2.24) is 25.9 Å². The van der Waals surface area contributed by atoms with Gasteiger partial charge in [0.05, 0.1) is 11.6 Å². The number of tetrazole rings is 1. The molecule has 2 aromatic rings. The number of nitrogen functional groups attached to an aromatic ring is 1. The summed E-state index contributed by atoms with van der Waals surface area (Å²) in [7, 11) is 0. The van der Waals surface area contributed by atoms with Crippen LogP contribution in [0.25, 0.3) is 0 Å². The van der Waals surface area contributed by atoms with Gasteiger partial charge in [-0.2, -0.15) is 5.21 Å². The van der Waals surface area contributed by atoms with Gasteiger partial charge in [0.1, 0.15) is 0 Å². The lowest BCUT2D eigenvalue weighted by molar-refractivity contribution is 0.0939. The standard InChI is InChI=1S/C10H12N6O/c1-6(9-13-15-16-14-9)12-10(17)7-4-2-3-5-8(7)11/h2-6H,11H2,1H3,(H,12,17)(H,13,14,15,16). The van der Waals surface area contributed by atoms with E-state index in [4.69, 9.17) is 5.73 Å². The highest BCUT2D eigenvalue weighted by Crippen LogP contribution is 2.12. The highest BCUT2D eigenvalue weighted by molar-refractivity contribution is 5.99. The normalized spacial score (nSPS) is 12.1. The number of amides is 1. The van der Waals surface area contributed by atoms with Crippen molar-refractivity contribution in [2.45, 2.75) is 13.0 Å². The molecule has 0 aliphatic carbocycles. The number of hydrogen-bond acceptors (Lipinski definition) is 5. The molecule has 0 aliphatic rings. The molecule has 17 heavy (non-hydrogen) atoms. The number of hydrogen-bond donors (Lipinski definition) is 3. The van der Waals surface area contributed by atoms with Gasteiger partial charge in [-0.15, -0.1) is 10.2 Å². The number of para-hydroxylation sites is 1. The van der Waals surface area contributed by atoms with E-state index >= 15 is 0 Å². The number of nitrogens with one attached hydrogen (secondary N) is 2. The maximum atomic E-state index is 11.9. The van der Waals surface area contributed by atoms with Gasteiger partial charge < -0.3 is 11.1 Å². The molecule has 0 bridgehead atoms. The fourth-order valence-electron chi connectivity index (χ4n) is 1.40. The van der Waals surface area contributed by atoms with Crippen molar-refractivity contribution < 1.29 is 4.79 Å². The fraction of sp³-hybridized carbons (Fsp3) is 0.200. The average Bonchev–Trinajstić information content (AvgIpc) is 2.82. The number of anilines is 1. The van der Waals surface area contributed by atoms with Crippen molar-refractivity contribution in [2.24, 2.45) is 0 Å². The molecule has 0 spiro atoms. The van der Waals surface area contributed by atoms with Gasteiger partial charge in [0.2, 0.25) is 0 Å². The molecule has 1 aromatic heterocycles. The zero-order valence-corrected chi connectivity index (χ0v) is 9.21. The Morgan fingerprint density at radius 2 is 2.24 bits per heavy atom. The smallest absolute Gasteiger partial charge is 0.253 e. The molecular formula is C10H12N6O. The summed E-state index contributed by atoms with van der Waals surface area (Å²) in [5.41, 5.74) is 6.57. The second-order valence-electron chi connectivity index (χ2n) is 3.55. The Kier molecular flexibility index (Phi) is 2.99. The first-order valence-corrected chi connectivity index (χ1v) is 5.07. The Bertz CT molecular complexity index is 509. The third-order valence-corrected chi connectivity index (χ3v) is 2.30. The molecule has 1 unspecified atom stereocenters. The number of aromatic nitrogens is 4. The molecule has 7 nitrogen and oxygen atoms in total. The summed E-state index contributed by atoms with van der Waals surface area (Å²) >= 11 is 0. The van der Waals surface area contributed by atoms with Crippen LogP contribution < -0.4 is 11.1 Å². The lowest BCUT2D eigenvalue weighted by Gasteiger charge is -2.11. The van der Waals surface area contributed by atoms with E-state index in [1.807, 2.05) is 0 Å². The highest BCUT2D eigenvalue weighted by Gasteiger charge is 2.15. The first-order chi connectivity index (χ1) is 8.18. The van der Waals surface area contributed by atoms with Crippen molar-refractivity contribution in [1.29, 1.82) is 0 Å². The molecule has 7 heteroatoms. The number of aromatic amines is 1.